The number of carbonyl (C=O) groups is 1. The van der Waals surface area contributed by atoms with E-state index in [1.54, 1.807) is 12.1 Å². The van der Waals surface area contributed by atoms with Gasteiger partial charge in [0.25, 0.3) is 5.91 Å². The summed E-state index contributed by atoms with van der Waals surface area (Å²) < 4.78 is 29.4. The molecular weight excluding hydrogens is 378 g/mol. The molecule has 0 fully saturated rings. The van der Waals surface area contributed by atoms with Crippen molar-refractivity contribution in [3.63, 3.8) is 0 Å². The molecule has 0 aliphatic rings. The molecule has 0 saturated heterocycles. The lowest BCUT2D eigenvalue weighted by Gasteiger charge is -2.16. The molecule has 146 valence electrons. The van der Waals surface area contributed by atoms with Gasteiger partial charge in [0.2, 0.25) is 15.7 Å². The predicted octanol–water partition coefficient (Wildman–Crippen LogP) is 2.89. The molecule has 1 atom stereocenters. The minimum Gasteiger partial charge on any atom is -0.410 e. The normalized spacial score (nSPS) is 12.5. The molecule has 3 rings (SSSR count). The molecule has 0 saturated carbocycles. The molecule has 7 nitrogen and oxygen atoms in total. The molecule has 28 heavy (non-hydrogen) atoms. The SMILES string of the molecule is CCS(=O)(=O)c1nnc([C@H](Cc2ccccc2)NC(=O)c2ccccc2C)o1. The van der Waals surface area contributed by atoms with Gasteiger partial charge < -0.3 is 9.73 Å². The summed E-state index contributed by atoms with van der Waals surface area (Å²) in [6, 6.07) is 16.0. The highest BCUT2D eigenvalue weighted by molar-refractivity contribution is 7.91. The molecule has 0 unspecified atom stereocenters. The van der Waals surface area contributed by atoms with Crippen molar-refractivity contribution in [1.82, 2.24) is 15.5 Å². The number of amides is 1. The molecule has 3 aromatic rings. The van der Waals surface area contributed by atoms with Gasteiger partial charge in [0, 0.05) is 12.0 Å². The van der Waals surface area contributed by atoms with E-state index >= 15 is 0 Å². The van der Waals surface area contributed by atoms with Crippen LogP contribution in [-0.2, 0) is 16.3 Å². The number of benzene rings is 2. The zero-order valence-electron chi connectivity index (χ0n) is 15.6. The third-order valence-corrected chi connectivity index (χ3v) is 5.80. The maximum absolute atomic E-state index is 12.8. The number of nitrogens with zero attached hydrogens (tertiary/aromatic N) is 2. The van der Waals surface area contributed by atoms with E-state index in [-0.39, 0.29) is 17.6 Å². The van der Waals surface area contributed by atoms with E-state index in [0.717, 1.165) is 11.1 Å². The lowest BCUT2D eigenvalue weighted by Crippen LogP contribution is -2.30. The average Bonchev–Trinajstić information content (AvgIpc) is 3.20. The zero-order valence-corrected chi connectivity index (χ0v) is 16.4. The summed E-state index contributed by atoms with van der Waals surface area (Å²) in [5.74, 6) is -0.386. The topological polar surface area (TPSA) is 102 Å². The van der Waals surface area contributed by atoms with Crippen molar-refractivity contribution in [2.24, 2.45) is 0 Å². The van der Waals surface area contributed by atoms with Crippen LogP contribution in [0.4, 0.5) is 0 Å². The van der Waals surface area contributed by atoms with Crippen molar-refractivity contribution in [1.29, 1.82) is 0 Å². The molecule has 0 spiro atoms. The largest absolute Gasteiger partial charge is 0.410 e. The molecule has 1 amide bonds. The average molecular weight is 399 g/mol. The van der Waals surface area contributed by atoms with Crippen LogP contribution in [0.5, 0.6) is 0 Å². The predicted molar refractivity (Wildman–Crippen MR) is 104 cm³/mol. The van der Waals surface area contributed by atoms with Gasteiger partial charge in [0.15, 0.2) is 0 Å². The van der Waals surface area contributed by atoms with Gasteiger partial charge in [-0.25, -0.2) is 8.42 Å². The van der Waals surface area contributed by atoms with Crippen LogP contribution < -0.4 is 5.32 Å². The number of aromatic nitrogens is 2. The second-order valence-electron chi connectivity index (χ2n) is 6.34. The highest BCUT2D eigenvalue weighted by atomic mass is 32.2. The number of aryl methyl sites for hydroxylation is 1. The molecular formula is C20H21N3O4S. The van der Waals surface area contributed by atoms with E-state index in [2.05, 4.69) is 15.5 Å². The Hall–Kier alpha value is -3.00. The third-order valence-electron chi connectivity index (χ3n) is 4.34. The second-order valence-corrected chi connectivity index (χ2v) is 8.50. The van der Waals surface area contributed by atoms with Crippen molar-refractivity contribution in [2.45, 2.75) is 31.5 Å². The summed E-state index contributed by atoms with van der Waals surface area (Å²) >= 11 is 0. The Balaban J connectivity index is 1.92. The highest BCUT2D eigenvalue weighted by Crippen LogP contribution is 2.21. The first-order valence-corrected chi connectivity index (χ1v) is 10.5. The number of hydrogen-bond donors (Lipinski definition) is 1. The minimum atomic E-state index is -3.62. The monoisotopic (exact) mass is 399 g/mol. The molecule has 1 aromatic heterocycles. The van der Waals surface area contributed by atoms with E-state index in [4.69, 9.17) is 4.42 Å². The first kappa shape index (κ1) is 19.8. The third kappa shape index (κ3) is 4.45. The fourth-order valence-electron chi connectivity index (χ4n) is 2.72. The van der Waals surface area contributed by atoms with Crippen LogP contribution in [0, 0.1) is 6.92 Å². The second kappa shape index (κ2) is 8.35. The number of hydrogen-bond acceptors (Lipinski definition) is 6. The molecule has 0 aliphatic heterocycles. The number of rotatable bonds is 7. The first-order chi connectivity index (χ1) is 13.4. The van der Waals surface area contributed by atoms with Gasteiger partial charge in [0.1, 0.15) is 6.04 Å². The highest BCUT2D eigenvalue weighted by Gasteiger charge is 2.26. The van der Waals surface area contributed by atoms with Gasteiger partial charge in [0.05, 0.1) is 5.75 Å². The van der Waals surface area contributed by atoms with E-state index in [9.17, 15) is 13.2 Å². The van der Waals surface area contributed by atoms with Crippen LogP contribution in [-0.4, -0.2) is 30.3 Å². The van der Waals surface area contributed by atoms with Crippen LogP contribution in [0.15, 0.2) is 64.2 Å². The van der Waals surface area contributed by atoms with Crippen LogP contribution in [0.1, 0.15) is 40.3 Å². The minimum absolute atomic E-state index is 0.0535. The number of sulfone groups is 1. The van der Waals surface area contributed by atoms with Crippen molar-refractivity contribution >= 4 is 15.7 Å². The Bertz CT molecular complexity index is 1060. The van der Waals surface area contributed by atoms with Gasteiger partial charge in [-0.1, -0.05) is 60.6 Å². The van der Waals surface area contributed by atoms with Gasteiger partial charge in [-0.15, -0.1) is 5.10 Å². The fourth-order valence-corrected chi connectivity index (χ4v) is 3.35. The maximum atomic E-state index is 12.8. The van der Waals surface area contributed by atoms with Crippen molar-refractivity contribution < 1.29 is 17.6 Å². The molecule has 1 heterocycles. The van der Waals surface area contributed by atoms with Gasteiger partial charge in [-0.3, -0.25) is 4.79 Å². The smallest absolute Gasteiger partial charge is 0.335 e. The summed E-state index contributed by atoms with van der Waals surface area (Å²) in [6.45, 7) is 3.35. The van der Waals surface area contributed by atoms with E-state index in [1.807, 2.05) is 49.4 Å². The summed E-state index contributed by atoms with van der Waals surface area (Å²) in [6.07, 6.45) is 0.381. The molecule has 2 aromatic carbocycles. The summed E-state index contributed by atoms with van der Waals surface area (Å²) in [5.41, 5.74) is 2.30. The van der Waals surface area contributed by atoms with Crippen LogP contribution >= 0.6 is 0 Å². The van der Waals surface area contributed by atoms with Gasteiger partial charge in [-0.2, -0.15) is 0 Å². The summed E-state index contributed by atoms with van der Waals surface area (Å²) in [5, 5.41) is 10.0. The Morgan fingerprint density at radius 2 is 1.75 bits per heavy atom. The van der Waals surface area contributed by atoms with Crippen molar-refractivity contribution in [3.05, 3.63) is 77.2 Å². The number of nitrogens with one attached hydrogen (secondary N) is 1. The Morgan fingerprint density at radius 1 is 1.07 bits per heavy atom. The molecule has 1 N–H and O–H groups in total. The lowest BCUT2D eigenvalue weighted by atomic mass is 10.0. The Kier molecular flexibility index (Phi) is 5.89. The zero-order chi connectivity index (χ0) is 20.1. The van der Waals surface area contributed by atoms with Crippen molar-refractivity contribution in [2.75, 3.05) is 5.75 Å². The number of carbonyl (C=O) groups excluding carboxylic acids is 1. The van der Waals surface area contributed by atoms with Crippen LogP contribution in [0.2, 0.25) is 0 Å². The Labute approximate surface area is 163 Å². The van der Waals surface area contributed by atoms with Crippen LogP contribution in [0.25, 0.3) is 0 Å². The fraction of sp³-hybridized carbons (Fsp3) is 0.250. The quantitative estimate of drug-likeness (QED) is 0.655. The first-order valence-electron chi connectivity index (χ1n) is 8.87. The Morgan fingerprint density at radius 3 is 2.43 bits per heavy atom. The van der Waals surface area contributed by atoms with E-state index < -0.39 is 21.1 Å². The van der Waals surface area contributed by atoms with Crippen molar-refractivity contribution in [3.8, 4) is 0 Å². The lowest BCUT2D eigenvalue weighted by molar-refractivity contribution is 0.0928. The van der Waals surface area contributed by atoms with Crippen LogP contribution in [0.3, 0.4) is 0 Å². The molecule has 0 bridgehead atoms. The maximum Gasteiger partial charge on any atom is 0.335 e. The van der Waals surface area contributed by atoms with Gasteiger partial charge >= 0.3 is 5.22 Å². The summed E-state index contributed by atoms with van der Waals surface area (Å²) in [4.78, 5) is 12.8. The van der Waals surface area contributed by atoms with E-state index in [0.29, 0.717) is 12.0 Å². The summed E-state index contributed by atoms with van der Waals surface area (Å²) in [7, 11) is -3.62. The molecule has 8 heteroatoms. The molecule has 0 aliphatic carbocycles. The van der Waals surface area contributed by atoms with E-state index in [1.165, 1.54) is 6.92 Å². The van der Waals surface area contributed by atoms with Gasteiger partial charge in [-0.05, 0) is 24.1 Å². The molecule has 0 radical (unpaired) electrons. The standard InChI is InChI=1S/C20H21N3O4S/c1-3-28(25,26)20-23-22-19(27-20)17(13-15-10-5-4-6-11-15)21-18(24)16-12-8-7-9-14(16)2/h4-12,17H,3,13H2,1-2H3,(H,21,24)/t17-/m0/s1.